The third kappa shape index (κ3) is 3.94. The Hall–Kier alpha value is -4.00. The van der Waals surface area contributed by atoms with E-state index in [-0.39, 0.29) is 30.5 Å². The molecule has 0 unspecified atom stereocenters. The van der Waals surface area contributed by atoms with Gasteiger partial charge in [-0.3, -0.25) is 0 Å². The third-order valence-corrected chi connectivity index (χ3v) is 6.08. The van der Waals surface area contributed by atoms with E-state index in [1.807, 2.05) is 18.2 Å². The fourth-order valence-electron chi connectivity index (χ4n) is 4.37. The van der Waals surface area contributed by atoms with E-state index in [0.29, 0.717) is 22.2 Å². The lowest BCUT2D eigenvalue weighted by Crippen LogP contribution is -2.36. The summed E-state index contributed by atoms with van der Waals surface area (Å²) >= 11 is 0. The second kappa shape index (κ2) is 8.74. The van der Waals surface area contributed by atoms with E-state index in [9.17, 15) is 9.18 Å². The molecule has 0 aliphatic carbocycles. The summed E-state index contributed by atoms with van der Waals surface area (Å²) < 4.78 is 21.6. The van der Waals surface area contributed by atoms with Crippen molar-refractivity contribution in [3.63, 3.8) is 0 Å². The number of aromatic nitrogens is 4. The molecule has 0 saturated carbocycles. The molecule has 0 radical (unpaired) electrons. The molecule has 1 aromatic carbocycles. The van der Waals surface area contributed by atoms with Crippen molar-refractivity contribution < 1.29 is 13.9 Å². The van der Waals surface area contributed by atoms with Gasteiger partial charge in [-0.15, -0.1) is 0 Å². The van der Waals surface area contributed by atoms with Crippen molar-refractivity contribution >= 4 is 34.9 Å². The van der Waals surface area contributed by atoms with Gasteiger partial charge in [0.2, 0.25) is 0 Å². The molecule has 8 nitrogen and oxygen atoms in total. The Balaban J connectivity index is 1.61. The highest BCUT2D eigenvalue weighted by Crippen LogP contribution is 2.29. The van der Waals surface area contributed by atoms with Crippen LogP contribution >= 0.6 is 0 Å². The highest BCUT2D eigenvalue weighted by molar-refractivity contribution is 6.67. The number of pyridine rings is 1. The number of fused-ring (bicyclic) bond motifs is 2. The number of benzene rings is 1. The quantitative estimate of drug-likeness (QED) is 0.339. The molecule has 0 bridgehead atoms. The molecule has 0 atom stereocenters. The Morgan fingerprint density at radius 1 is 1.21 bits per heavy atom. The molecule has 170 valence electrons. The van der Waals surface area contributed by atoms with Gasteiger partial charge in [-0.05, 0) is 50.8 Å². The predicted octanol–water partition coefficient (Wildman–Crippen LogP) is 3.95. The normalized spacial score (nSPS) is 13.9. The van der Waals surface area contributed by atoms with Crippen LogP contribution in [-0.4, -0.2) is 51.7 Å². The maximum absolute atomic E-state index is 14.7. The zero-order valence-electron chi connectivity index (χ0n) is 19.0. The summed E-state index contributed by atoms with van der Waals surface area (Å²) in [4.78, 5) is 28.4. The summed E-state index contributed by atoms with van der Waals surface area (Å²) in [7, 11) is 0. The molecule has 0 N–H and O–H groups in total. The zero-order chi connectivity index (χ0) is 23.8. The summed E-state index contributed by atoms with van der Waals surface area (Å²) in [5.41, 5.74) is 2.97. The van der Waals surface area contributed by atoms with Crippen LogP contribution < -0.4 is 4.90 Å². The van der Waals surface area contributed by atoms with E-state index in [0.717, 1.165) is 31.4 Å². The predicted molar refractivity (Wildman–Crippen MR) is 128 cm³/mol. The minimum Gasteiger partial charge on any atom is -0.461 e. The fraction of sp³-hybridized carbons (Fsp3) is 0.292. The summed E-state index contributed by atoms with van der Waals surface area (Å²) in [6, 6.07) is 7.00. The number of halogens is 1. The third-order valence-electron chi connectivity index (χ3n) is 6.08. The lowest BCUT2D eigenvalue weighted by molar-refractivity contribution is 0.0522. The standard InChI is InChI=1S/C24H22BFN6O2/c1-3-34-24(33)21-18-11-17(31-8-6-25(14-27)7-9-31)4-5-20(18)29-22(30-21)16-10-19(26)23-28-15(2)12-32(23)13-16/h4-5,10-13H,3,6-9H2,1-2H3. The Morgan fingerprint density at radius 2 is 2.00 bits per heavy atom. The smallest absolute Gasteiger partial charge is 0.357 e. The average molecular weight is 456 g/mol. The van der Waals surface area contributed by atoms with Gasteiger partial charge in [0.15, 0.2) is 23.0 Å². The van der Waals surface area contributed by atoms with Gasteiger partial charge in [-0.1, -0.05) is 0 Å². The molecule has 3 aromatic heterocycles. The number of imidazole rings is 1. The van der Waals surface area contributed by atoms with Crippen LogP contribution in [0, 0.1) is 24.0 Å². The molecule has 34 heavy (non-hydrogen) atoms. The Kier molecular flexibility index (Phi) is 5.61. The Morgan fingerprint density at radius 3 is 2.74 bits per heavy atom. The van der Waals surface area contributed by atoms with Crippen LogP contribution in [0.4, 0.5) is 10.1 Å². The minimum absolute atomic E-state index is 0.0784. The lowest BCUT2D eigenvalue weighted by atomic mass is 9.45. The van der Waals surface area contributed by atoms with E-state index >= 15 is 0 Å². The van der Waals surface area contributed by atoms with Crippen LogP contribution in [-0.2, 0) is 4.74 Å². The number of aryl methyl sites for hydroxylation is 1. The van der Waals surface area contributed by atoms with Crippen molar-refractivity contribution in [2.24, 2.45) is 0 Å². The van der Waals surface area contributed by atoms with E-state index in [1.165, 1.54) is 6.07 Å². The highest BCUT2D eigenvalue weighted by atomic mass is 19.1. The molecule has 1 aliphatic heterocycles. The summed E-state index contributed by atoms with van der Waals surface area (Å²) in [5.74, 6) is 1.51. The van der Waals surface area contributed by atoms with Gasteiger partial charge in [-0.25, -0.2) is 29.4 Å². The van der Waals surface area contributed by atoms with Gasteiger partial charge in [-0.2, -0.15) is 0 Å². The van der Waals surface area contributed by atoms with Crippen LogP contribution in [0.1, 0.15) is 23.1 Å². The van der Waals surface area contributed by atoms with Gasteiger partial charge in [0.25, 0.3) is 6.71 Å². The first-order valence-corrected chi connectivity index (χ1v) is 11.3. The number of rotatable bonds is 4. The van der Waals surface area contributed by atoms with Crippen LogP contribution in [0.5, 0.6) is 0 Å². The number of esters is 1. The molecule has 4 aromatic rings. The summed E-state index contributed by atoms with van der Waals surface area (Å²) in [6.45, 7) is 5.34. The van der Waals surface area contributed by atoms with E-state index in [1.54, 1.807) is 30.6 Å². The maximum Gasteiger partial charge on any atom is 0.357 e. The molecule has 10 heteroatoms. The first kappa shape index (κ1) is 21.8. The van der Waals surface area contributed by atoms with Crippen molar-refractivity contribution in [1.29, 1.82) is 5.26 Å². The SMILES string of the molecule is CCOC(=O)c1nc(-c2cc(F)c3nc(C)cn3c2)nc2ccc(N3CCB(C#N)CC3)cc12. The van der Waals surface area contributed by atoms with Gasteiger partial charge < -0.3 is 14.0 Å². The molecule has 0 amide bonds. The number of anilines is 1. The summed E-state index contributed by atoms with van der Waals surface area (Å²) in [6.07, 6.45) is 5.02. The van der Waals surface area contributed by atoms with Crippen molar-refractivity contribution in [2.45, 2.75) is 26.5 Å². The molecule has 0 spiro atoms. The Labute approximate surface area is 196 Å². The van der Waals surface area contributed by atoms with Crippen LogP contribution in [0.25, 0.3) is 27.9 Å². The van der Waals surface area contributed by atoms with Crippen molar-refractivity contribution in [2.75, 3.05) is 24.6 Å². The monoisotopic (exact) mass is 456 g/mol. The van der Waals surface area contributed by atoms with Crippen molar-refractivity contribution in [3.8, 4) is 17.4 Å². The highest BCUT2D eigenvalue weighted by Gasteiger charge is 2.24. The van der Waals surface area contributed by atoms with Gasteiger partial charge in [0.05, 0.1) is 17.8 Å². The second-order valence-electron chi connectivity index (χ2n) is 8.40. The second-order valence-corrected chi connectivity index (χ2v) is 8.40. The molecular formula is C24H22BFN6O2. The van der Waals surface area contributed by atoms with E-state index in [4.69, 9.17) is 10.00 Å². The van der Waals surface area contributed by atoms with Crippen LogP contribution in [0.3, 0.4) is 0 Å². The fourth-order valence-corrected chi connectivity index (χ4v) is 4.37. The molecule has 1 aliphatic rings. The molecule has 1 saturated heterocycles. The summed E-state index contributed by atoms with van der Waals surface area (Å²) in [5, 5.41) is 9.74. The number of hydrogen-bond acceptors (Lipinski definition) is 7. The maximum atomic E-state index is 14.7. The number of carbonyl (C=O) groups is 1. The largest absolute Gasteiger partial charge is 0.461 e. The van der Waals surface area contributed by atoms with Gasteiger partial charge in [0.1, 0.15) is 0 Å². The first-order chi connectivity index (χ1) is 16.5. The topological polar surface area (TPSA) is 96.4 Å². The molecule has 1 fully saturated rings. The van der Waals surface area contributed by atoms with Crippen LogP contribution in [0.15, 0.2) is 36.7 Å². The van der Waals surface area contributed by atoms with Crippen molar-refractivity contribution in [1.82, 2.24) is 19.4 Å². The number of ether oxygens (including phenoxy) is 1. The molecule has 5 rings (SSSR count). The number of nitriles is 1. The molecule has 4 heterocycles. The van der Waals surface area contributed by atoms with Gasteiger partial charge >= 0.3 is 5.97 Å². The van der Waals surface area contributed by atoms with Crippen molar-refractivity contribution in [3.05, 3.63) is 53.9 Å². The van der Waals surface area contributed by atoms with Gasteiger partial charge in [0, 0.05) is 48.1 Å². The zero-order valence-corrected chi connectivity index (χ0v) is 19.0. The Bertz CT molecular complexity index is 1460. The van der Waals surface area contributed by atoms with E-state index < -0.39 is 11.8 Å². The molecular weight excluding hydrogens is 434 g/mol. The number of hydrogen-bond donors (Lipinski definition) is 0. The van der Waals surface area contributed by atoms with Crippen LogP contribution in [0.2, 0.25) is 12.6 Å². The number of nitrogens with zero attached hydrogens (tertiary/aromatic N) is 6. The average Bonchev–Trinajstić information content (AvgIpc) is 3.24. The van der Waals surface area contributed by atoms with E-state index in [2.05, 4.69) is 25.8 Å². The lowest BCUT2D eigenvalue weighted by Gasteiger charge is -2.30. The number of carbonyl (C=O) groups excluding carboxylic acids is 1. The minimum atomic E-state index is -0.559. The first-order valence-electron chi connectivity index (χ1n) is 11.3.